The minimum Gasteiger partial charge on any atom is -0.333 e. The average Bonchev–Trinajstić information content (AvgIpc) is 3.43. The number of aromatic nitrogens is 1. The molecule has 1 spiro atoms. The number of hydrogen-bond donors (Lipinski definition) is 1. The van der Waals surface area contributed by atoms with Crippen molar-refractivity contribution in [3.05, 3.63) is 65.5 Å². The van der Waals surface area contributed by atoms with E-state index in [0.717, 1.165) is 44.5 Å². The summed E-state index contributed by atoms with van der Waals surface area (Å²) in [5.74, 6) is 0.498. The van der Waals surface area contributed by atoms with Gasteiger partial charge in [-0.2, -0.15) is 0 Å². The fraction of sp³-hybridized carbons (Fsp3) is 0.455. The Kier molecular flexibility index (Phi) is 4.95. The summed E-state index contributed by atoms with van der Waals surface area (Å²) in [4.78, 5) is 19.9. The fourth-order valence-corrected chi connectivity index (χ4v) is 5.20. The lowest BCUT2D eigenvalue weighted by molar-refractivity contribution is -0.136. The number of piperazine rings is 1. The largest absolute Gasteiger partial charge is 0.333 e. The molecule has 3 aliphatic rings. The maximum Gasteiger partial charge on any atom is 0.227 e. The number of amides is 1. The summed E-state index contributed by atoms with van der Waals surface area (Å²) in [5, 5.41) is 3.44. The van der Waals surface area contributed by atoms with Gasteiger partial charge in [-0.25, -0.2) is 0 Å². The van der Waals surface area contributed by atoms with Gasteiger partial charge in [-0.05, 0) is 48.4 Å². The summed E-state index contributed by atoms with van der Waals surface area (Å²) < 4.78 is 0. The predicted octanol–water partition coefficient (Wildman–Crippen LogP) is 3.27. The van der Waals surface area contributed by atoms with E-state index >= 15 is 0 Å². The van der Waals surface area contributed by atoms with Crippen molar-refractivity contribution in [2.24, 2.45) is 5.92 Å². The molecule has 1 aromatic heterocycles. The van der Waals surface area contributed by atoms with Crippen molar-refractivity contribution in [2.75, 3.05) is 19.6 Å². The Hall–Kier alpha value is -1.91. The Morgan fingerprint density at radius 1 is 1.22 bits per heavy atom. The first-order valence-corrected chi connectivity index (χ1v) is 9.79. The van der Waals surface area contributed by atoms with E-state index in [1.54, 1.807) is 6.20 Å². The lowest BCUT2D eigenvalue weighted by Gasteiger charge is -2.37. The molecule has 4 nitrogen and oxygen atoms in total. The SMILES string of the molecule is Cl.O=C(C1CC12CCCc1ccccc12)N1CCNCC1c1cccnc1. The highest BCUT2D eigenvalue weighted by atomic mass is 35.5. The first-order valence-electron chi connectivity index (χ1n) is 9.79. The first kappa shape index (κ1) is 18.5. The normalized spacial score (nSPS) is 29.0. The smallest absolute Gasteiger partial charge is 0.227 e. The monoisotopic (exact) mass is 383 g/mol. The number of pyridine rings is 1. The molecule has 0 radical (unpaired) electrons. The lowest BCUT2D eigenvalue weighted by Crippen LogP contribution is -2.49. The maximum atomic E-state index is 13.5. The molecule has 1 saturated carbocycles. The summed E-state index contributed by atoms with van der Waals surface area (Å²) in [6.07, 6.45) is 8.23. The molecule has 3 atom stereocenters. The van der Waals surface area contributed by atoms with Gasteiger partial charge in [0.05, 0.1) is 6.04 Å². The number of nitrogens with one attached hydrogen (secondary N) is 1. The van der Waals surface area contributed by atoms with E-state index < -0.39 is 0 Å². The van der Waals surface area contributed by atoms with Crippen molar-refractivity contribution in [3.8, 4) is 0 Å². The van der Waals surface area contributed by atoms with E-state index in [2.05, 4.69) is 45.5 Å². The number of nitrogens with zero attached hydrogens (tertiary/aromatic N) is 2. The van der Waals surface area contributed by atoms with Crippen molar-refractivity contribution < 1.29 is 4.79 Å². The second kappa shape index (κ2) is 7.25. The standard InChI is InChI=1S/C22H25N3O.ClH/c26-21(25-12-11-24-15-20(25)17-7-4-10-23-14-17)19-13-22(19)9-3-6-16-5-1-2-8-18(16)22;/h1-2,4-5,7-8,10,14,19-20,24H,3,6,9,11-13,15H2;1H. The Bertz CT molecular complexity index is 827. The van der Waals surface area contributed by atoms with Crippen LogP contribution in [0.5, 0.6) is 0 Å². The van der Waals surface area contributed by atoms with Crippen LogP contribution in [0.15, 0.2) is 48.8 Å². The minimum atomic E-state index is 0. The molecule has 1 amide bonds. The summed E-state index contributed by atoms with van der Waals surface area (Å²) >= 11 is 0. The molecule has 2 aliphatic carbocycles. The number of carbonyl (C=O) groups is 1. The quantitative estimate of drug-likeness (QED) is 0.865. The van der Waals surface area contributed by atoms with Gasteiger partial charge in [0.25, 0.3) is 0 Å². The van der Waals surface area contributed by atoms with Crippen LogP contribution < -0.4 is 5.32 Å². The number of fused-ring (bicyclic) bond motifs is 2. The Labute approximate surface area is 166 Å². The highest BCUT2D eigenvalue weighted by Crippen LogP contribution is 2.61. The maximum absolute atomic E-state index is 13.5. The molecule has 1 aliphatic heterocycles. The third-order valence-electron chi connectivity index (χ3n) is 6.59. The zero-order valence-electron chi connectivity index (χ0n) is 15.4. The van der Waals surface area contributed by atoms with Crippen LogP contribution >= 0.6 is 12.4 Å². The second-order valence-corrected chi connectivity index (χ2v) is 7.96. The summed E-state index contributed by atoms with van der Waals surface area (Å²) in [5.41, 5.74) is 4.14. The van der Waals surface area contributed by atoms with Gasteiger partial charge in [0, 0.05) is 43.4 Å². The van der Waals surface area contributed by atoms with Gasteiger partial charge in [0.2, 0.25) is 5.91 Å². The molecule has 5 heteroatoms. The van der Waals surface area contributed by atoms with Crippen LogP contribution in [0.25, 0.3) is 0 Å². The molecule has 142 valence electrons. The van der Waals surface area contributed by atoms with E-state index in [4.69, 9.17) is 0 Å². The third kappa shape index (κ3) is 3.05. The number of hydrogen-bond acceptors (Lipinski definition) is 3. The van der Waals surface area contributed by atoms with Gasteiger partial charge >= 0.3 is 0 Å². The fourth-order valence-electron chi connectivity index (χ4n) is 5.20. The molecule has 0 bridgehead atoms. The van der Waals surface area contributed by atoms with Crippen LogP contribution in [0.2, 0.25) is 0 Å². The van der Waals surface area contributed by atoms with E-state index in [1.165, 1.54) is 17.5 Å². The first-order chi connectivity index (χ1) is 12.8. The van der Waals surface area contributed by atoms with Gasteiger partial charge in [0.15, 0.2) is 0 Å². The van der Waals surface area contributed by atoms with Crippen molar-refractivity contribution in [3.63, 3.8) is 0 Å². The molecule has 1 aromatic carbocycles. The van der Waals surface area contributed by atoms with Gasteiger partial charge < -0.3 is 10.2 Å². The third-order valence-corrected chi connectivity index (χ3v) is 6.59. The van der Waals surface area contributed by atoms with Crippen LogP contribution in [0.3, 0.4) is 0 Å². The van der Waals surface area contributed by atoms with E-state index in [0.29, 0.717) is 5.91 Å². The zero-order valence-corrected chi connectivity index (χ0v) is 16.3. The Morgan fingerprint density at radius 2 is 2.11 bits per heavy atom. The molecule has 1 N–H and O–H groups in total. The molecule has 2 fully saturated rings. The molecule has 1 saturated heterocycles. The van der Waals surface area contributed by atoms with E-state index in [1.807, 2.05) is 12.3 Å². The molecular formula is C22H26ClN3O. The number of rotatable bonds is 2. The zero-order chi connectivity index (χ0) is 17.6. The topological polar surface area (TPSA) is 45.2 Å². The Morgan fingerprint density at radius 3 is 2.96 bits per heavy atom. The molecule has 3 unspecified atom stereocenters. The molecule has 27 heavy (non-hydrogen) atoms. The Balaban J connectivity index is 0.00000180. The summed E-state index contributed by atoms with van der Waals surface area (Å²) in [6.45, 7) is 2.47. The van der Waals surface area contributed by atoms with E-state index in [9.17, 15) is 4.79 Å². The number of carbonyl (C=O) groups excluding carboxylic acids is 1. The van der Waals surface area contributed by atoms with Gasteiger partial charge in [-0.3, -0.25) is 9.78 Å². The van der Waals surface area contributed by atoms with Crippen LogP contribution in [-0.2, 0) is 16.6 Å². The highest BCUT2D eigenvalue weighted by Gasteiger charge is 2.61. The summed E-state index contributed by atoms with van der Waals surface area (Å²) in [6, 6.07) is 12.9. The average molecular weight is 384 g/mol. The van der Waals surface area contributed by atoms with Gasteiger partial charge in [-0.15, -0.1) is 12.4 Å². The highest BCUT2D eigenvalue weighted by molar-refractivity contribution is 5.86. The molecule has 2 heterocycles. The molecular weight excluding hydrogens is 358 g/mol. The van der Waals surface area contributed by atoms with Crippen LogP contribution in [0.4, 0.5) is 0 Å². The summed E-state index contributed by atoms with van der Waals surface area (Å²) in [7, 11) is 0. The number of benzene rings is 1. The van der Waals surface area contributed by atoms with Crippen molar-refractivity contribution in [2.45, 2.75) is 37.1 Å². The number of aryl methyl sites for hydroxylation is 1. The van der Waals surface area contributed by atoms with Crippen molar-refractivity contribution in [1.29, 1.82) is 0 Å². The van der Waals surface area contributed by atoms with Crippen LogP contribution in [-0.4, -0.2) is 35.4 Å². The van der Waals surface area contributed by atoms with Gasteiger partial charge in [-0.1, -0.05) is 30.3 Å². The van der Waals surface area contributed by atoms with Crippen LogP contribution in [0, 0.1) is 5.92 Å². The second-order valence-electron chi connectivity index (χ2n) is 7.96. The van der Waals surface area contributed by atoms with E-state index in [-0.39, 0.29) is 29.8 Å². The van der Waals surface area contributed by atoms with Gasteiger partial charge in [0.1, 0.15) is 0 Å². The molecule has 2 aromatic rings. The van der Waals surface area contributed by atoms with Crippen LogP contribution in [0.1, 0.15) is 42.0 Å². The van der Waals surface area contributed by atoms with Crippen molar-refractivity contribution in [1.82, 2.24) is 15.2 Å². The number of halogens is 1. The lowest BCUT2D eigenvalue weighted by atomic mass is 9.78. The van der Waals surface area contributed by atoms with Crippen molar-refractivity contribution >= 4 is 18.3 Å². The predicted molar refractivity (Wildman–Crippen MR) is 108 cm³/mol. The molecule has 5 rings (SSSR count). The minimum absolute atomic E-state index is 0.